The van der Waals surface area contributed by atoms with Crippen molar-refractivity contribution >= 4 is 22.6 Å². The van der Waals surface area contributed by atoms with Gasteiger partial charge in [-0.3, -0.25) is 4.98 Å². The fourth-order valence-corrected chi connectivity index (χ4v) is 2.86. The number of hydrogen-bond donors (Lipinski definition) is 1. The van der Waals surface area contributed by atoms with Crippen LogP contribution in [0.2, 0.25) is 0 Å². The second-order valence-electron chi connectivity index (χ2n) is 5.64. The average Bonchev–Trinajstić information content (AvgIpc) is 2.55. The molecule has 1 heterocycles. The summed E-state index contributed by atoms with van der Waals surface area (Å²) in [6.45, 7) is 2.62. The van der Waals surface area contributed by atoms with Crippen molar-refractivity contribution in [1.82, 2.24) is 4.98 Å². The van der Waals surface area contributed by atoms with Crippen LogP contribution in [-0.2, 0) is 6.54 Å². The topological polar surface area (TPSA) is 53.4 Å². The number of hydrogen-bond acceptors (Lipinski definition) is 3. The predicted octanol–water partition coefficient (Wildman–Crippen LogP) is 3.88. The van der Waals surface area contributed by atoms with E-state index in [4.69, 9.17) is 0 Å². The smallest absolute Gasteiger partial charge is 0.339 e. The molecule has 0 unspecified atom stereocenters. The zero-order chi connectivity index (χ0) is 16.4. The van der Waals surface area contributed by atoms with Crippen LogP contribution in [0.15, 0.2) is 54.7 Å². The normalized spacial score (nSPS) is 10.7. The molecule has 0 fully saturated rings. The third kappa shape index (κ3) is 2.88. The highest BCUT2D eigenvalue weighted by atomic mass is 16.4. The summed E-state index contributed by atoms with van der Waals surface area (Å²) in [6.07, 6.45) is 1.45. The van der Waals surface area contributed by atoms with Gasteiger partial charge in [0.05, 0.1) is 11.2 Å². The Labute approximate surface area is 135 Å². The van der Waals surface area contributed by atoms with E-state index in [9.17, 15) is 9.90 Å². The van der Waals surface area contributed by atoms with Gasteiger partial charge in [0.2, 0.25) is 0 Å². The first-order valence-corrected chi connectivity index (χ1v) is 7.44. The lowest BCUT2D eigenvalue weighted by atomic mass is 10.0. The number of rotatable bonds is 4. The molecule has 2 aromatic carbocycles. The van der Waals surface area contributed by atoms with Gasteiger partial charge >= 0.3 is 5.97 Å². The third-order valence-electron chi connectivity index (χ3n) is 3.95. The fraction of sp³-hybridized carbons (Fsp3) is 0.158. The molecule has 116 valence electrons. The number of aryl methyl sites for hydroxylation is 1. The van der Waals surface area contributed by atoms with Crippen molar-refractivity contribution in [2.45, 2.75) is 13.5 Å². The Kier molecular flexibility index (Phi) is 3.98. The maximum Gasteiger partial charge on any atom is 0.339 e. The number of para-hydroxylation sites is 1. The number of carboxylic acids is 1. The Hall–Kier alpha value is -2.88. The van der Waals surface area contributed by atoms with Crippen LogP contribution in [0.3, 0.4) is 0 Å². The summed E-state index contributed by atoms with van der Waals surface area (Å²) >= 11 is 0. The molecule has 23 heavy (non-hydrogen) atoms. The zero-order valence-electron chi connectivity index (χ0n) is 13.2. The first-order valence-electron chi connectivity index (χ1n) is 7.44. The van der Waals surface area contributed by atoms with Crippen LogP contribution in [0.25, 0.3) is 10.9 Å². The van der Waals surface area contributed by atoms with Crippen LogP contribution >= 0.6 is 0 Å². The molecule has 0 bridgehead atoms. The number of aromatic nitrogens is 1. The molecule has 4 heteroatoms. The second kappa shape index (κ2) is 6.08. The highest BCUT2D eigenvalue weighted by Crippen LogP contribution is 2.31. The molecule has 0 atom stereocenters. The van der Waals surface area contributed by atoms with Crippen LogP contribution in [0.4, 0.5) is 5.69 Å². The molecule has 4 nitrogen and oxygen atoms in total. The van der Waals surface area contributed by atoms with Gasteiger partial charge in [-0.05, 0) is 18.1 Å². The number of aromatic carboxylic acids is 1. The van der Waals surface area contributed by atoms with Crippen LogP contribution in [-0.4, -0.2) is 23.1 Å². The van der Waals surface area contributed by atoms with E-state index in [1.54, 1.807) is 0 Å². The molecule has 0 spiro atoms. The summed E-state index contributed by atoms with van der Waals surface area (Å²) in [5.74, 6) is -0.962. The van der Waals surface area contributed by atoms with E-state index in [-0.39, 0.29) is 5.56 Å². The zero-order valence-corrected chi connectivity index (χ0v) is 13.2. The van der Waals surface area contributed by atoms with E-state index < -0.39 is 5.97 Å². The van der Waals surface area contributed by atoms with Crippen molar-refractivity contribution in [2.75, 3.05) is 11.9 Å². The van der Waals surface area contributed by atoms with Gasteiger partial charge in [0.1, 0.15) is 5.56 Å². The van der Waals surface area contributed by atoms with Gasteiger partial charge in [-0.25, -0.2) is 4.79 Å². The summed E-state index contributed by atoms with van der Waals surface area (Å²) in [5, 5.41) is 10.4. The molecule has 1 aromatic heterocycles. The van der Waals surface area contributed by atoms with Gasteiger partial charge in [-0.15, -0.1) is 0 Å². The lowest BCUT2D eigenvalue weighted by Crippen LogP contribution is -2.20. The lowest BCUT2D eigenvalue weighted by molar-refractivity contribution is 0.0697. The van der Waals surface area contributed by atoms with Crippen molar-refractivity contribution in [1.29, 1.82) is 0 Å². The summed E-state index contributed by atoms with van der Waals surface area (Å²) in [7, 11) is 1.91. The number of carbonyl (C=O) groups is 1. The maximum absolute atomic E-state index is 11.6. The van der Waals surface area contributed by atoms with Crippen LogP contribution in [0, 0.1) is 6.92 Å². The van der Waals surface area contributed by atoms with Crippen molar-refractivity contribution in [3.63, 3.8) is 0 Å². The standard InChI is InChI=1S/C19H18N2O2/c1-13-7-6-10-15-17(13)20-11-16(19(22)23)18(15)21(2)12-14-8-4-3-5-9-14/h3-11H,12H2,1-2H3,(H,22,23). The number of anilines is 1. The molecular formula is C19H18N2O2. The minimum Gasteiger partial charge on any atom is -0.478 e. The molecule has 3 rings (SSSR count). The van der Waals surface area contributed by atoms with Gasteiger partial charge < -0.3 is 10.0 Å². The highest BCUT2D eigenvalue weighted by molar-refractivity contribution is 6.05. The summed E-state index contributed by atoms with van der Waals surface area (Å²) in [6, 6.07) is 15.8. The van der Waals surface area contributed by atoms with Gasteiger partial charge in [0.25, 0.3) is 0 Å². The van der Waals surface area contributed by atoms with Gasteiger partial charge in [0, 0.05) is 25.2 Å². The highest BCUT2D eigenvalue weighted by Gasteiger charge is 2.18. The Balaban J connectivity index is 2.15. The molecule has 0 aliphatic rings. The van der Waals surface area contributed by atoms with Crippen LogP contribution < -0.4 is 4.90 Å². The second-order valence-corrected chi connectivity index (χ2v) is 5.64. The molecule has 0 radical (unpaired) electrons. The summed E-state index contributed by atoms with van der Waals surface area (Å²) < 4.78 is 0. The van der Waals surface area contributed by atoms with Crippen molar-refractivity contribution in [2.24, 2.45) is 0 Å². The van der Waals surface area contributed by atoms with Gasteiger partial charge in [-0.1, -0.05) is 48.5 Å². The van der Waals surface area contributed by atoms with E-state index in [2.05, 4.69) is 4.98 Å². The predicted molar refractivity (Wildman–Crippen MR) is 92.0 cm³/mol. The Bertz CT molecular complexity index is 860. The Morgan fingerprint density at radius 2 is 1.87 bits per heavy atom. The number of fused-ring (bicyclic) bond motifs is 1. The number of pyridine rings is 1. The maximum atomic E-state index is 11.6. The number of nitrogens with zero attached hydrogens (tertiary/aromatic N) is 2. The van der Waals surface area contributed by atoms with E-state index >= 15 is 0 Å². The molecule has 0 aliphatic heterocycles. The Morgan fingerprint density at radius 3 is 2.57 bits per heavy atom. The Morgan fingerprint density at radius 1 is 1.13 bits per heavy atom. The number of benzene rings is 2. The fourth-order valence-electron chi connectivity index (χ4n) is 2.86. The SMILES string of the molecule is Cc1cccc2c(N(C)Cc3ccccc3)c(C(=O)O)cnc12. The molecular weight excluding hydrogens is 288 g/mol. The first-order chi connectivity index (χ1) is 11.1. The molecule has 0 saturated heterocycles. The molecule has 0 amide bonds. The van der Waals surface area contributed by atoms with Gasteiger partial charge in [0.15, 0.2) is 0 Å². The average molecular weight is 306 g/mol. The van der Waals surface area contributed by atoms with Gasteiger partial charge in [-0.2, -0.15) is 0 Å². The summed E-state index contributed by atoms with van der Waals surface area (Å²) in [4.78, 5) is 18.0. The van der Waals surface area contributed by atoms with E-state index in [1.165, 1.54) is 6.20 Å². The van der Waals surface area contributed by atoms with Crippen molar-refractivity contribution < 1.29 is 9.90 Å². The van der Waals surface area contributed by atoms with Crippen LogP contribution in [0.5, 0.6) is 0 Å². The minimum absolute atomic E-state index is 0.224. The molecule has 0 aliphatic carbocycles. The largest absolute Gasteiger partial charge is 0.478 e. The minimum atomic E-state index is -0.962. The monoisotopic (exact) mass is 306 g/mol. The quantitative estimate of drug-likeness (QED) is 0.795. The number of carboxylic acid groups (broad SMARTS) is 1. The third-order valence-corrected chi connectivity index (χ3v) is 3.95. The summed E-state index contributed by atoms with van der Waals surface area (Å²) in [5.41, 5.74) is 3.93. The van der Waals surface area contributed by atoms with Crippen molar-refractivity contribution in [3.8, 4) is 0 Å². The molecule has 1 N–H and O–H groups in total. The molecule has 0 saturated carbocycles. The van der Waals surface area contributed by atoms with E-state index in [1.807, 2.05) is 67.4 Å². The van der Waals surface area contributed by atoms with E-state index in [0.29, 0.717) is 12.2 Å². The lowest BCUT2D eigenvalue weighted by Gasteiger charge is -2.23. The molecule has 3 aromatic rings. The van der Waals surface area contributed by atoms with E-state index in [0.717, 1.165) is 22.0 Å². The first kappa shape index (κ1) is 15.0. The van der Waals surface area contributed by atoms with Crippen LogP contribution in [0.1, 0.15) is 21.5 Å². The van der Waals surface area contributed by atoms with Crippen molar-refractivity contribution in [3.05, 3.63) is 71.4 Å².